The van der Waals surface area contributed by atoms with E-state index in [4.69, 9.17) is 23.2 Å². The molecule has 0 saturated heterocycles. The number of benzene rings is 1. The average molecular weight is 354 g/mol. The van der Waals surface area contributed by atoms with Crippen molar-refractivity contribution in [1.82, 2.24) is 9.97 Å². The van der Waals surface area contributed by atoms with E-state index >= 15 is 0 Å². The van der Waals surface area contributed by atoms with Crippen LogP contribution in [0, 0.1) is 0 Å². The van der Waals surface area contributed by atoms with E-state index in [2.05, 4.69) is 28.4 Å². The Hall–Kier alpha value is -1.23. The highest BCUT2D eigenvalue weighted by Crippen LogP contribution is 2.38. The highest BCUT2D eigenvalue weighted by Gasteiger charge is 2.12. The van der Waals surface area contributed by atoms with E-state index in [-0.39, 0.29) is 0 Å². The number of hydrogen-bond acceptors (Lipinski definition) is 4. The average Bonchev–Trinajstić information content (AvgIpc) is 2.53. The van der Waals surface area contributed by atoms with Gasteiger partial charge in [0.1, 0.15) is 10.2 Å². The van der Waals surface area contributed by atoms with E-state index in [1.165, 1.54) is 18.0 Å². The van der Waals surface area contributed by atoms with Gasteiger partial charge in [0.05, 0.1) is 23.1 Å². The fraction of sp³-hybridized carbons (Fsp3) is 0.250. The number of aromatic nitrogens is 2. The fourth-order valence-electron chi connectivity index (χ4n) is 1.90. The molecule has 0 radical (unpaired) electrons. The van der Waals surface area contributed by atoms with Crippen molar-refractivity contribution in [3.05, 3.63) is 53.5 Å². The van der Waals surface area contributed by atoms with Gasteiger partial charge in [-0.1, -0.05) is 61.0 Å². The summed E-state index contributed by atoms with van der Waals surface area (Å²) in [6.07, 6.45) is 7.18. The highest BCUT2D eigenvalue weighted by atomic mass is 35.5. The van der Waals surface area contributed by atoms with Crippen molar-refractivity contribution in [2.75, 3.05) is 11.4 Å². The summed E-state index contributed by atoms with van der Waals surface area (Å²) in [5, 5.41) is 1.82. The largest absolute Gasteiger partial charge is 0.347 e. The van der Waals surface area contributed by atoms with Gasteiger partial charge in [-0.15, -0.1) is 0 Å². The molecule has 0 aliphatic carbocycles. The summed E-state index contributed by atoms with van der Waals surface area (Å²) in [6, 6.07) is 5.94. The molecule has 3 nitrogen and oxygen atoms in total. The molecule has 116 valence electrons. The molecule has 2 rings (SSSR count). The van der Waals surface area contributed by atoms with Crippen LogP contribution < -0.4 is 4.90 Å². The first-order valence-electron chi connectivity index (χ1n) is 6.98. The summed E-state index contributed by atoms with van der Waals surface area (Å²) < 4.78 is 0. The van der Waals surface area contributed by atoms with Crippen molar-refractivity contribution in [2.45, 2.75) is 29.7 Å². The molecule has 0 N–H and O–H groups in total. The zero-order valence-corrected chi connectivity index (χ0v) is 14.6. The maximum absolute atomic E-state index is 6.56. The Morgan fingerprint density at radius 3 is 2.73 bits per heavy atom. The maximum atomic E-state index is 6.56. The van der Waals surface area contributed by atoms with Crippen LogP contribution >= 0.6 is 35.0 Å². The SMILES string of the molecule is C=CN(CCCC)c1cccc(Sc2cnc(Cl)cn2)c1Cl. The van der Waals surface area contributed by atoms with E-state index in [1.807, 2.05) is 24.4 Å². The zero-order valence-electron chi connectivity index (χ0n) is 12.3. The summed E-state index contributed by atoms with van der Waals surface area (Å²) in [5.74, 6) is 0. The van der Waals surface area contributed by atoms with Crippen LogP contribution in [0.25, 0.3) is 0 Å². The van der Waals surface area contributed by atoms with Crippen LogP contribution in [0.2, 0.25) is 10.2 Å². The number of hydrogen-bond donors (Lipinski definition) is 0. The van der Waals surface area contributed by atoms with Gasteiger partial charge in [0.25, 0.3) is 0 Å². The zero-order chi connectivity index (χ0) is 15.9. The van der Waals surface area contributed by atoms with Gasteiger partial charge in [-0.25, -0.2) is 9.97 Å². The monoisotopic (exact) mass is 353 g/mol. The molecular formula is C16H17Cl2N3S. The van der Waals surface area contributed by atoms with Crippen molar-refractivity contribution in [3.8, 4) is 0 Å². The minimum atomic E-state index is 0.376. The first-order valence-corrected chi connectivity index (χ1v) is 8.56. The van der Waals surface area contributed by atoms with Gasteiger partial charge in [-0.05, 0) is 24.8 Å². The van der Waals surface area contributed by atoms with E-state index in [9.17, 15) is 0 Å². The van der Waals surface area contributed by atoms with Crippen LogP contribution in [0.15, 0.2) is 53.3 Å². The summed E-state index contributed by atoms with van der Waals surface area (Å²) in [7, 11) is 0. The third-order valence-electron chi connectivity index (χ3n) is 3.04. The number of rotatable bonds is 7. The number of halogens is 2. The molecule has 1 heterocycles. The first kappa shape index (κ1) is 17.1. The molecule has 0 spiro atoms. The van der Waals surface area contributed by atoms with Gasteiger partial charge in [0, 0.05) is 11.4 Å². The Balaban J connectivity index is 2.24. The lowest BCUT2D eigenvalue weighted by molar-refractivity contribution is 0.782. The minimum Gasteiger partial charge on any atom is -0.347 e. The lowest BCUT2D eigenvalue weighted by Gasteiger charge is -2.22. The van der Waals surface area contributed by atoms with Crippen LogP contribution in [0.1, 0.15) is 19.8 Å². The van der Waals surface area contributed by atoms with Gasteiger partial charge in [-0.3, -0.25) is 0 Å². The molecule has 0 amide bonds. The molecular weight excluding hydrogens is 337 g/mol. The molecule has 0 saturated carbocycles. The predicted molar refractivity (Wildman–Crippen MR) is 95.1 cm³/mol. The smallest absolute Gasteiger partial charge is 0.147 e. The van der Waals surface area contributed by atoms with Crippen LogP contribution in [-0.4, -0.2) is 16.5 Å². The molecule has 0 fully saturated rings. The molecule has 0 aliphatic heterocycles. The fourth-order valence-corrected chi connectivity index (χ4v) is 3.13. The van der Waals surface area contributed by atoms with Crippen LogP contribution in [0.4, 0.5) is 5.69 Å². The van der Waals surface area contributed by atoms with E-state index in [0.29, 0.717) is 10.2 Å². The van der Waals surface area contributed by atoms with Crippen molar-refractivity contribution in [2.24, 2.45) is 0 Å². The molecule has 0 bridgehead atoms. The molecule has 2 aromatic rings. The lowest BCUT2D eigenvalue weighted by atomic mass is 10.2. The molecule has 22 heavy (non-hydrogen) atoms. The van der Waals surface area contributed by atoms with Crippen molar-refractivity contribution in [1.29, 1.82) is 0 Å². The maximum Gasteiger partial charge on any atom is 0.147 e. The Morgan fingerprint density at radius 1 is 1.27 bits per heavy atom. The number of unbranched alkanes of at least 4 members (excludes halogenated alkanes) is 1. The van der Waals surface area contributed by atoms with Gasteiger partial charge >= 0.3 is 0 Å². The number of anilines is 1. The first-order chi connectivity index (χ1) is 10.7. The van der Waals surface area contributed by atoms with Crippen molar-refractivity contribution < 1.29 is 0 Å². The Kier molecular flexibility index (Phi) is 6.55. The predicted octanol–water partition coefficient (Wildman–Crippen LogP) is 5.68. The molecule has 1 aromatic carbocycles. The van der Waals surface area contributed by atoms with E-state index in [1.54, 1.807) is 6.20 Å². The second-order valence-electron chi connectivity index (χ2n) is 4.60. The van der Waals surface area contributed by atoms with Gasteiger partial charge in [0.2, 0.25) is 0 Å². The molecule has 1 aromatic heterocycles. The van der Waals surface area contributed by atoms with Gasteiger partial charge in [0.15, 0.2) is 0 Å². The molecule has 0 aliphatic rings. The topological polar surface area (TPSA) is 29.0 Å². The second kappa shape index (κ2) is 8.42. The molecule has 6 heteroatoms. The normalized spacial score (nSPS) is 10.5. The third-order valence-corrected chi connectivity index (χ3v) is 4.72. The summed E-state index contributed by atoms with van der Waals surface area (Å²) in [6.45, 7) is 6.94. The standard InChI is InChI=1S/C16H17Cl2N3S/c1-3-5-9-21(4-2)12-7-6-8-13(16(12)18)22-15-11-19-14(17)10-20-15/h4,6-8,10-11H,2-3,5,9H2,1H3. The Morgan fingerprint density at radius 2 is 2.09 bits per heavy atom. The van der Waals surface area contributed by atoms with Crippen molar-refractivity contribution in [3.63, 3.8) is 0 Å². The second-order valence-corrected chi connectivity index (χ2v) is 6.43. The van der Waals surface area contributed by atoms with Crippen LogP contribution in [0.5, 0.6) is 0 Å². The molecule has 0 atom stereocenters. The number of nitrogens with zero attached hydrogens (tertiary/aromatic N) is 3. The van der Waals surface area contributed by atoms with Gasteiger partial charge in [-0.2, -0.15) is 0 Å². The molecule has 0 unspecified atom stereocenters. The summed E-state index contributed by atoms with van der Waals surface area (Å²) in [4.78, 5) is 11.3. The minimum absolute atomic E-state index is 0.376. The Labute approximate surface area is 145 Å². The summed E-state index contributed by atoms with van der Waals surface area (Å²) >= 11 is 13.8. The van der Waals surface area contributed by atoms with Crippen LogP contribution in [-0.2, 0) is 0 Å². The van der Waals surface area contributed by atoms with Gasteiger partial charge < -0.3 is 4.90 Å². The van der Waals surface area contributed by atoms with Crippen LogP contribution in [0.3, 0.4) is 0 Å². The van der Waals surface area contributed by atoms with E-state index < -0.39 is 0 Å². The third kappa shape index (κ3) is 4.38. The van der Waals surface area contributed by atoms with Crippen molar-refractivity contribution >= 4 is 40.7 Å². The summed E-state index contributed by atoms with van der Waals surface area (Å²) in [5.41, 5.74) is 0.956. The quantitative estimate of drug-likeness (QED) is 0.639. The Bertz CT molecular complexity index is 632. The highest BCUT2D eigenvalue weighted by molar-refractivity contribution is 7.99. The van der Waals surface area contributed by atoms with E-state index in [0.717, 1.165) is 35.0 Å². The lowest BCUT2D eigenvalue weighted by Crippen LogP contribution is -2.17.